The molecule has 5 aliphatic heterocycles. The van der Waals surface area contributed by atoms with Gasteiger partial charge in [-0.1, -0.05) is 36.4 Å². The molecule has 0 aromatic heterocycles. The highest BCUT2D eigenvalue weighted by Gasteiger charge is 2.40. The quantitative estimate of drug-likeness (QED) is 0.271. The number of rotatable bonds is 2. The molecule has 6 atom stereocenters. The van der Waals surface area contributed by atoms with Gasteiger partial charge in [0.05, 0.1) is 14.2 Å². The van der Waals surface area contributed by atoms with Crippen LogP contribution in [-0.2, 0) is 54.5 Å². The lowest BCUT2D eigenvalue weighted by Gasteiger charge is -2.37. The first-order valence-corrected chi connectivity index (χ1v) is 20.7. The van der Waals surface area contributed by atoms with Crippen LogP contribution >= 0.6 is 0 Å². The normalized spacial score (nSPS) is 23.6. The lowest BCUT2D eigenvalue weighted by Crippen LogP contribution is -2.62. The lowest BCUT2D eigenvalue weighted by atomic mass is 9.98. The van der Waals surface area contributed by atoms with Crippen LogP contribution in [-0.4, -0.2) is 122 Å². The second-order valence-electron chi connectivity index (χ2n) is 16.2. The zero-order valence-electron chi connectivity index (χ0n) is 36.3. The maximum atomic E-state index is 14.8. The number of benzene rings is 4. The first kappa shape index (κ1) is 44.0. The van der Waals surface area contributed by atoms with Gasteiger partial charge in [0.2, 0.25) is 35.4 Å². The van der Waals surface area contributed by atoms with Crippen molar-refractivity contribution in [1.82, 2.24) is 30.7 Å². The van der Waals surface area contributed by atoms with E-state index in [1.54, 1.807) is 84.9 Å². The molecule has 0 radical (unpaired) electrons. The summed E-state index contributed by atoms with van der Waals surface area (Å²) < 4.78 is 23.6. The van der Waals surface area contributed by atoms with Crippen LogP contribution in [0.2, 0.25) is 0 Å². The van der Waals surface area contributed by atoms with Gasteiger partial charge in [0, 0.05) is 46.8 Å². The van der Waals surface area contributed by atoms with E-state index in [0.29, 0.717) is 56.8 Å². The summed E-state index contributed by atoms with van der Waals surface area (Å²) in [6.45, 7) is 2.99. The highest BCUT2D eigenvalue weighted by Crippen LogP contribution is 2.35. The van der Waals surface area contributed by atoms with Gasteiger partial charge in [-0.2, -0.15) is 0 Å². The number of nitrogens with one attached hydrogen (secondary N) is 3. The molecule has 1 fully saturated rings. The Labute approximate surface area is 365 Å². The predicted octanol–water partition coefficient (Wildman–Crippen LogP) is 3.17. The summed E-state index contributed by atoms with van der Waals surface area (Å²) in [6, 6.07) is 17.3. The largest absolute Gasteiger partial charge is 0.493 e. The third-order valence-electron chi connectivity index (χ3n) is 11.9. The zero-order valence-corrected chi connectivity index (χ0v) is 36.3. The Morgan fingerprint density at radius 1 is 0.476 bits per heavy atom. The van der Waals surface area contributed by atoms with Gasteiger partial charge in [0.25, 0.3) is 0 Å². The maximum absolute atomic E-state index is 14.8. The molecule has 4 aromatic rings. The van der Waals surface area contributed by atoms with Gasteiger partial charge in [-0.3, -0.25) is 28.8 Å². The van der Waals surface area contributed by atoms with E-state index in [-0.39, 0.29) is 25.7 Å². The molecule has 0 spiro atoms. The van der Waals surface area contributed by atoms with E-state index in [1.165, 1.54) is 63.9 Å². The lowest BCUT2D eigenvalue weighted by molar-refractivity contribution is -0.149. The number of carbonyl (C=O) groups excluding carboxylic acids is 6. The number of likely N-dealkylation sites (N-methyl/N-ethyl adjacent to an activating group) is 3. The Bertz CT molecular complexity index is 2410. The summed E-state index contributed by atoms with van der Waals surface area (Å²) in [7, 11) is 7.45. The van der Waals surface area contributed by atoms with Gasteiger partial charge in [0.15, 0.2) is 23.0 Å². The van der Waals surface area contributed by atoms with E-state index in [1.807, 2.05) is 0 Å². The zero-order chi connectivity index (χ0) is 45.1. The Balaban J connectivity index is 1.33. The summed E-state index contributed by atoms with van der Waals surface area (Å²) in [6.07, 6.45) is 0.0302. The molecule has 63 heavy (non-hydrogen) atoms. The first-order chi connectivity index (χ1) is 30.1. The second kappa shape index (κ2) is 18.5. The number of ether oxygens (including phenoxy) is 4. The van der Waals surface area contributed by atoms with E-state index in [0.717, 1.165) is 0 Å². The Hall–Kier alpha value is -7.10. The fourth-order valence-corrected chi connectivity index (χ4v) is 8.09. The van der Waals surface area contributed by atoms with Crippen LogP contribution in [0.15, 0.2) is 84.9 Å². The smallest absolute Gasteiger partial charge is 0.246 e. The van der Waals surface area contributed by atoms with Crippen molar-refractivity contribution in [2.45, 2.75) is 75.8 Å². The highest BCUT2D eigenvalue weighted by atomic mass is 16.5. The third-order valence-corrected chi connectivity index (χ3v) is 11.9. The SMILES string of the molecule is COc1ccc2cc1Oc1ccc(cc1)C[C@@H]1NC(=O)[C@@H](C)NC(=O)[C@@H]3Cc4ccc(OC)c(c4)Oc4ccc(cc4)C[C@@H](C(=O)N3C)N(C)C(=O)[C@H](C)NC(=O)[C@H](C2)N(C)C1=O. The molecule has 4 aromatic carbocycles. The van der Waals surface area contributed by atoms with Crippen LogP contribution in [0, 0.1) is 0 Å². The standard InChI is InChI=1S/C47H52N6O10/c1-26-42(54)50-34-20-28-8-14-32(15-9-28)62-40-24-30(12-18-38(40)60-6)22-35(51(3)46(34)58)44(56)49-27(2)45(57)53(5)37-21-29-10-16-33(17-11-29)63-41-25-31(13-19-39(41)61-7)23-36(43(55)48-26)52(4)47(37)59/h8-19,24-27,34-37H,20-23H2,1-7H3,(H,48,55)(H,49,56)(H,50,54)/t26-,27+,34+,35+,36+,37+/m1/s1. The van der Waals surface area contributed by atoms with Gasteiger partial charge in [-0.25, -0.2) is 0 Å². The third kappa shape index (κ3) is 9.54. The average Bonchev–Trinajstić information content (AvgIpc) is 3.27. The predicted molar refractivity (Wildman–Crippen MR) is 231 cm³/mol. The van der Waals surface area contributed by atoms with Crippen molar-refractivity contribution in [2.75, 3.05) is 35.4 Å². The number of hydrogen-bond acceptors (Lipinski definition) is 10. The van der Waals surface area contributed by atoms with Gasteiger partial charge in [-0.15, -0.1) is 0 Å². The first-order valence-electron chi connectivity index (χ1n) is 20.7. The van der Waals surface area contributed by atoms with Crippen molar-refractivity contribution < 1.29 is 47.7 Å². The topological polar surface area (TPSA) is 185 Å². The summed E-state index contributed by atoms with van der Waals surface area (Å²) in [5, 5.41) is 8.43. The molecule has 16 nitrogen and oxygen atoms in total. The average molecular weight is 861 g/mol. The minimum absolute atomic E-state index is 0.0140. The van der Waals surface area contributed by atoms with Crippen LogP contribution in [0.3, 0.4) is 0 Å². The Morgan fingerprint density at radius 2 is 0.889 bits per heavy atom. The van der Waals surface area contributed by atoms with Crippen molar-refractivity contribution >= 4 is 35.4 Å². The fourth-order valence-electron chi connectivity index (χ4n) is 8.09. The van der Waals surface area contributed by atoms with E-state index in [9.17, 15) is 28.8 Å². The molecule has 6 amide bonds. The van der Waals surface area contributed by atoms with Gasteiger partial charge in [0.1, 0.15) is 47.8 Å². The van der Waals surface area contributed by atoms with E-state index in [4.69, 9.17) is 18.9 Å². The highest BCUT2D eigenvalue weighted by molar-refractivity contribution is 5.98. The number of fused-ring (bicyclic) bond motifs is 4. The molecular weight excluding hydrogens is 809 g/mol. The van der Waals surface area contributed by atoms with E-state index < -0.39 is 71.7 Å². The van der Waals surface area contributed by atoms with Gasteiger partial charge in [-0.05, 0) is 84.6 Å². The molecule has 16 heteroatoms. The number of carbonyl (C=O) groups is 6. The second-order valence-corrected chi connectivity index (χ2v) is 16.2. The fraction of sp³-hybridized carbons (Fsp3) is 0.362. The molecule has 1 saturated heterocycles. The molecule has 5 aliphatic rings. The monoisotopic (exact) mass is 860 g/mol. The summed E-state index contributed by atoms with van der Waals surface area (Å²) >= 11 is 0. The van der Waals surface area contributed by atoms with Crippen molar-refractivity contribution in [1.29, 1.82) is 0 Å². The maximum Gasteiger partial charge on any atom is 0.246 e. The van der Waals surface area contributed by atoms with Gasteiger partial charge >= 0.3 is 0 Å². The van der Waals surface area contributed by atoms with Crippen LogP contribution in [0.4, 0.5) is 0 Å². The van der Waals surface area contributed by atoms with Crippen LogP contribution < -0.4 is 34.9 Å². The minimum atomic E-state index is -1.20. The minimum Gasteiger partial charge on any atom is -0.493 e. The molecule has 12 bridgehead atoms. The van der Waals surface area contributed by atoms with Crippen molar-refractivity contribution in [2.24, 2.45) is 0 Å². The molecule has 9 rings (SSSR count). The number of nitrogens with zero attached hydrogens (tertiary/aromatic N) is 3. The Kier molecular flexibility index (Phi) is 12.9. The molecular formula is C47H52N6O10. The summed E-state index contributed by atoms with van der Waals surface area (Å²) in [5.74, 6) is -1.05. The van der Waals surface area contributed by atoms with Crippen molar-refractivity contribution in [3.05, 3.63) is 107 Å². The molecule has 3 N–H and O–H groups in total. The number of amides is 6. The van der Waals surface area contributed by atoms with Crippen LogP contribution in [0.25, 0.3) is 0 Å². The van der Waals surface area contributed by atoms with E-state index in [2.05, 4.69) is 16.0 Å². The van der Waals surface area contributed by atoms with Crippen molar-refractivity contribution in [3.63, 3.8) is 0 Å². The van der Waals surface area contributed by atoms with Gasteiger partial charge < -0.3 is 49.6 Å². The molecule has 330 valence electrons. The summed E-state index contributed by atoms with van der Waals surface area (Å²) in [4.78, 5) is 90.9. The number of hydrogen-bond donors (Lipinski definition) is 3. The van der Waals surface area contributed by atoms with Crippen molar-refractivity contribution in [3.8, 4) is 34.5 Å². The molecule has 0 aliphatic carbocycles. The molecule has 5 heterocycles. The van der Waals surface area contributed by atoms with Crippen LogP contribution in [0.1, 0.15) is 36.1 Å². The molecule has 0 unspecified atom stereocenters. The van der Waals surface area contributed by atoms with Crippen LogP contribution in [0.5, 0.6) is 34.5 Å². The summed E-state index contributed by atoms with van der Waals surface area (Å²) in [5.41, 5.74) is 2.58. The number of methoxy groups -OCH3 is 2. The molecule has 0 saturated carbocycles. The van der Waals surface area contributed by atoms with E-state index >= 15 is 0 Å². The Morgan fingerprint density at radius 3 is 1.38 bits per heavy atom.